The van der Waals surface area contributed by atoms with Gasteiger partial charge in [-0.25, -0.2) is 15.0 Å². The molecule has 56 heavy (non-hydrogen) atoms. The Bertz CT molecular complexity index is 3010. The van der Waals surface area contributed by atoms with Crippen molar-refractivity contribution >= 4 is 21.8 Å². The van der Waals surface area contributed by atoms with Crippen LogP contribution in [0.4, 0.5) is 0 Å². The number of para-hydroxylation sites is 2. The lowest BCUT2D eigenvalue weighted by Gasteiger charge is -2.32. The quantitative estimate of drug-likeness (QED) is 0.172. The Labute approximate surface area is 325 Å². The molecular weight excluding hydrogens is 681 g/mol. The topological polar surface area (TPSA) is 43.6 Å². The molecule has 4 heteroatoms. The van der Waals surface area contributed by atoms with Gasteiger partial charge >= 0.3 is 0 Å². The molecule has 1 aliphatic rings. The zero-order valence-electron chi connectivity index (χ0n) is 30.4. The standard InChI is InChI=1S/C52H34N4/c1-4-16-35(17-5-1)36-28-31-39(32-29-36)52(45-25-13-10-22-41(45)42-23-11-14-26-46(42)52)51-54-49(37-18-6-2-7-19-37)53-50(55-51)38-30-33-48-44(34-38)43-24-12-15-27-47(43)56(48)40-20-8-3-9-21-40/h1-34H. The number of nitrogens with zero attached hydrogens (tertiary/aromatic N) is 4. The van der Waals surface area contributed by atoms with Gasteiger partial charge in [-0.1, -0.05) is 170 Å². The molecule has 0 saturated carbocycles. The zero-order valence-corrected chi connectivity index (χ0v) is 30.4. The summed E-state index contributed by atoms with van der Waals surface area (Å²) in [6.45, 7) is 0. The highest BCUT2D eigenvalue weighted by atomic mass is 15.1. The fourth-order valence-corrected chi connectivity index (χ4v) is 8.82. The van der Waals surface area contributed by atoms with Crippen molar-refractivity contribution in [2.24, 2.45) is 0 Å². The predicted octanol–water partition coefficient (Wildman–Crippen LogP) is 12.3. The third-order valence-electron chi connectivity index (χ3n) is 11.3. The molecule has 8 aromatic carbocycles. The van der Waals surface area contributed by atoms with Gasteiger partial charge in [0.1, 0.15) is 5.41 Å². The third kappa shape index (κ3) is 4.89. The fourth-order valence-electron chi connectivity index (χ4n) is 8.82. The molecule has 0 aliphatic heterocycles. The first-order chi connectivity index (χ1) is 27.8. The van der Waals surface area contributed by atoms with Gasteiger partial charge in [-0.05, 0) is 75.3 Å². The molecule has 0 unspecified atom stereocenters. The van der Waals surface area contributed by atoms with Crippen LogP contribution in [-0.4, -0.2) is 19.5 Å². The smallest absolute Gasteiger partial charge is 0.163 e. The lowest BCUT2D eigenvalue weighted by atomic mass is 9.71. The number of hydrogen-bond acceptors (Lipinski definition) is 3. The fraction of sp³-hybridized carbons (Fsp3) is 0.0192. The second-order valence-electron chi connectivity index (χ2n) is 14.4. The van der Waals surface area contributed by atoms with Crippen LogP contribution in [0.15, 0.2) is 206 Å². The van der Waals surface area contributed by atoms with E-state index in [9.17, 15) is 0 Å². The molecule has 2 aromatic heterocycles. The molecule has 262 valence electrons. The summed E-state index contributed by atoms with van der Waals surface area (Å²) in [5, 5.41) is 2.33. The number of rotatable bonds is 6. The number of hydrogen-bond donors (Lipinski definition) is 0. The first-order valence-electron chi connectivity index (χ1n) is 19.0. The lowest BCUT2D eigenvalue weighted by Crippen LogP contribution is -2.31. The minimum absolute atomic E-state index is 0.634. The van der Waals surface area contributed by atoms with E-state index in [1.54, 1.807) is 0 Å². The Morgan fingerprint density at radius 3 is 1.54 bits per heavy atom. The van der Waals surface area contributed by atoms with Crippen molar-refractivity contribution in [1.29, 1.82) is 0 Å². The van der Waals surface area contributed by atoms with Gasteiger partial charge in [0, 0.05) is 27.6 Å². The van der Waals surface area contributed by atoms with Crippen LogP contribution in [0.5, 0.6) is 0 Å². The average Bonchev–Trinajstić information content (AvgIpc) is 3.78. The second-order valence-corrected chi connectivity index (χ2v) is 14.4. The summed E-state index contributed by atoms with van der Waals surface area (Å²) in [6.07, 6.45) is 0. The van der Waals surface area contributed by atoms with Crippen molar-refractivity contribution in [3.8, 4) is 50.7 Å². The first-order valence-corrected chi connectivity index (χ1v) is 19.0. The molecule has 0 bridgehead atoms. The SMILES string of the molecule is c1ccc(-c2ccc(C3(c4nc(-c5ccccc5)nc(-c5ccc6c(c5)c5ccccc5n6-c5ccccc5)n4)c4ccccc4-c4ccccc43)cc2)cc1. The van der Waals surface area contributed by atoms with Crippen molar-refractivity contribution in [1.82, 2.24) is 19.5 Å². The van der Waals surface area contributed by atoms with Gasteiger partial charge in [0.15, 0.2) is 17.5 Å². The van der Waals surface area contributed by atoms with Crippen molar-refractivity contribution in [2.45, 2.75) is 5.41 Å². The van der Waals surface area contributed by atoms with Crippen molar-refractivity contribution < 1.29 is 0 Å². The maximum atomic E-state index is 5.56. The monoisotopic (exact) mass is 714 g/mol. The maximum absolute atomic E-state index is 5.56. The van der Waals surface area contributed by atoms with Gasteiger partial charge in [0.25, 0.3) is 0 Å². The van der Waals surface area contributed by atoms with Crippen molar-refractivity contribution in [3.63, 3.8) is 0 Å². The van der Waals surface area contributed by atoms with Crippen LogP contribution in [0, 0.1) is 0 Å². The van der Waals surface area contributed by atoms with E-state index in [1.807, 2.05) is 18.2 Å². The van der Waals surface area contributed by atoms with Crippen LogP contribution in [0.3, 0.4) is 0 Å². The summed E-state index contributed by atoms with van der Waals surface area (Å²) in [5.74, 6) is 1.96. The number of benzene rings is 8. The van der Waals surface area contributed by atoms with Gasteiger partial charge in [-0.3, -0.25) is 0 Å². The molecular formula is C52H34N4. The molecule has 0 amide bonds. The van der Waals surface area contributed by atoms with E-state index in [-0.39, 0.29) is 0 Å². The molecule has 0 spiro atoms. The van der Waals surface area contributed by atoms with E-state index in [2.05, 4.69) is 193 Å². The maximum Gasteiger partial charge on any atom is 0.163 e. The zero-order chi connectivity index (χ0) is 37.1. The Kier molecular flexibility index (Phi) is 7.36. The highest BCUT2D eigenvalue weighted by Crippen LogP contribution is 2.55. The van der Waals surface area contributed by atoms with Crippen LogP contribution in [-0.2, 0) is 5.41 Å². The van der Waals surface area contributed by atoms with Crippen molar-refractivity contribution in [2.75, 3.05) is 0 Å². The molecule has 11 rings (SSSR count). The largest absolute Gasteiger partial charge is 0.309 e. The lowest BCUT2D eigenvalue weighted by molar-refractivity contribution is 0.692. The van der Waals surface area contributed by atoms with Crippen LogP contribution in [0.25, 0.3) is 72.5 Å². The van der Waals surface area contributed by atoms with Crippen LogP contribution in [0.1, 0.15) is 22.5 Å². The molecule has 0 N–H and O–H groups in total. The first kappa shape index (κ1) is 32.0. The minimum Gasteiger partial charge on any atom is -0.309 e. The molecule has 0 fully saturated rings. The van der Waals surface area contributed by atoms with Gasteiger partial charge in [0.2, 0.25) is 0 Å². The summed E-state index contributed by atoms with van der Waals surface area (Å²) in [4.78, 5) is 16.3. The molecule has 0 atom stereocenters. The highest BCUT2D eigenvalue weighted by molar-refractivity contribution is 6.10. The predicted molar refractivity (Wildman–Crippen MR) is 228 cm³/mol. The van der Waals surface area contributed by atoms with Crippen LogP contribution < -0.4 is 0 Å². The molecule has 10 aromatic rings. The van der Waals surface area contributed by atoms with Gasteiger partial charge < -0.3 is 4.57 Å². The Hall–Kier alpha value is -7.43. The Morgan fingerprint density at radius 1 is 0.357 bits per heavy atom. The van der Waals surface area contributed by atoms with E-state index < -0.39 is 5.41 Å². The van der Waals surface area contributed by atoms with E-state index in [0.29, 0.717) is 17.5 Å². The van der Waals surface area contributed by atoms with Gasteiger partial charge in [-0.2, -0.15) is 0 Å². The highest BCUT2D eigenvalue weighted by Gasteiger charge is 2.48. The van der Waals surface area contributed by atoms with E-state index in [0.717, 1.165) is 55.5 Å². The summed E-state index contributed by atoms with van der Waals surface area (Å²) >= 11 is 0. The summed E-state index contributed by atoms with van der Waals surface area (Å²) in [6, 6.07) is 73.1. The van der Waals surface area contributed by atoms with E-state index in [1.165, 1.54) is 22.1 Å². The third-order valence-corrected chi connectivity index (χ3v) is 11.3. The minimum atomic E-state index is -0.808. The molecule has 0 saturated heterocycles. The summed E-state index contributed by atoms with van der Waals surface area (Å²) in [5.41, 5.74) is 12.6. The van der Waals surface area contributed by atoms with E-state index in [4.69, 9.17) is 15.0 Å². The normalized spacial score (nSPS) is 12.8. The van der Waals surface area contributed by atoms with Gasteiger partial charge in [0.05, 0.1) is 11.0 Å². The molecule has 4 nitrogen and oxygen atoms in total. The number of fused-ring (bicyclic) bond motifs is 6. The summed E-state index contributed by atoms with van der Waals surface area (Å²) < 4.78 is 2.34. The van der Waals surface area contributed by atoms with E-state index >= 15 is 0 Å². The molecule has 1 aliphatic carbocycles. The van der Waals surface area contributed by atoms with Crippen LogP contribution in [0.2, 0.25) is 0 Å². The molecule has 0 radical (unpaired) electrons. The number of aromatic nitrogens is 4. The molecule has 2 heterocycles. The second kappa shape index (κ2) is 12.9. The van der Waals surface area contributed by atoms with Crippen molar-refractivity contribution in [3.05, 3.63) is 229 Å². The Morgan fingerprint density at radius 2 is 0.857 bits per heavy atom. The van der Waals surface area contributed by atoms with Gasteiger partial charge in [-0.15, -0.1) is 0 Å². The summed E-state index contributed by atoms with van der Waals surface area (Å²) in [7, 11) is 0. The Balaban J connectivity index is 1.19. The average molecular weight is 715 g/mol. The van der Waals surface area contributed by atoms with Crippen LogP contribution >= 0.6 is 0 Å².